The zero-order chi connectivity index (χ0) is 17.9. The van der Waals surface area contributed by atoms with E-state index < -0.39 is 5.25 Å². The number of thioether (sulfide) groups is 1. The van der Waals surface area contributed by atoms with Gasteiger partial charge in [0.05, 0.1) is 16.6 Å². The van der Waals surface area contributed by atoms with Crippen LogP contribution in [0.15, 0.2) is 64.9 Å². The third kappa shape index (κ3) is 3.63. The normalized spacial score (nSPS) is 15.8. The van der Waals surface area contributed by atoms with Gasteiger partial charge in [-0.3, -0.25) is 9.59 Å². The van der Waals surface area contributed by atoms with Crippen LogP contribution in [0.3, 0.4) is 0 Å². The van der Waals surface area contributed by atoms with Crippen LogP contribution in [0.5, 0.6) is 0 Å². The number of anilines is 2. The molecule has 0 spiro atoms. The zero-order valence-corrected chi connectivity index (χ0v) is 15.3. The van der Waals surface area contributed by atoms with Crippen LogP contribution in [-0.2, 0) is 9.59 Å². The van der Waals surface area contributed by atoms with E-state index >= 15 is 0 Å². The average Bonchev–Trinajstić information content (AvgIpc) is 3.11. The van der Waals surface area contributed by atoms with Gasteiger partial charge in [-0.15, -0.1) is 23.1 Å². The molecule has 3 aromatic rings. The highest BCUT2D eigenvalue weighted by Crippen LogP contribution is 2.36. The van der Waals surface area contributed by atoms with E-state index in [2.05, 4.69) is 15.6 Å². The van der Waals surface area contributed by atoms with Crippen molar-refractivity contribution in [3.05, 3.63) is 60.0 Å². The molecule has 1 aliphatic rings. The van der Waals surface area contributed by atoms with Crippen LogP contribution in [-0.4, -0.2) is 22.0 Å². The summed E-state index contributed by atoms with van der Waals surface area (Å²) < 4.78 is 0. The van der Waals surface area contributed by atoms with Crippen LogP contribution in [0.1, 0.15) is 6.42 Å². The van der Waals surface area contributed by atoms with Crippen molar-refractivity contribution in [1.29, 1.82) is 0 Å². The van der Waals surface area contributed by atoms with Crippen molar-refractivity contribution in [2.75, 3.05) is 10.6 Å². The second kappa shape index (κ2) is 7.31. The number of thiazole rings is 1. The lowest BCUT2D eigenvalue weighted by Crippen LogP contribution is -2.32. The first-order chi connectivity index (χ1) is 12.7. The standard InChI is InChI=1S/C19H15N3O2S2/c23-17(10-16-18(24)20-13-8-4-5-9-15(13)26-16)22-19-21-14(11-25-19)12-6-2-1-3-7-12/h1-9,11,16H,10H2,(H,20,24)(H,21,22,23). The molecule has 26 heavy (non-hydrogen) atoms. The van der Waals surface area contributed by atoms with E-state index in [9.17, 15) is 9.59 Å². The van der Waals surface area contributed by atoms with Gasteiger partial charge in [-0.2, -0.15) is 0 Å². The minimum absolute atomic E-state index is 0.102. The van der Waals surface area contributed by atoms with Gasteiger partial charge in [0.2, 0.25) is 11.8 Å². The predicted octanol–water partition coefficient (Wildman–Crippen LogP) is 4.25. The van der Waals surface area contributed by atoms with Crippen LogP contribution in [0.2, 0.25) is 0 Å². The highest BCUT2D eigenvalue weighted by atomic mass is 32.2. The Morgan fingerprint density at radius 1 is 1.12 bits per heavy atom. The molecule has 2 N–H and O–H groups in total. The minimum atomic E-state index is -0.446. The van der Waals surface area contributed by atoms with Crippen LogP contribution < -0.4 is 10.6 Å². The molecule has 0 radical (unpaired) electrons. The fourth-order valence-corrected chi connectivity index (χ4v) is 4.48. The van der Waals surface area contributed by atoms with Gasteiger partial charge in [0, 0.05) is 22.3 Å². The molecular weight excluding hydrogens is 366 g/mol. The number of aromatic nitrogens is 1. The first kappa shape index (κ1) is 16.8. The molecule has 2 amide bonds. The summed E-state index contributed by atoms with van der Waals surface area (Å²) in [4.78, 5) is 30.0. The lowest BCUT2D eigenvalue weighted by molar-refractivity contribution is -0.120. The van der Waals surface area contributed by atoms with E-state index in [0.29, 0.717) is 5.13 Å². The molecule has 0 fully saturated rings. The molecule has 1 aliphatic heterocycles. The van der Waals surface area contributed by atoms with Crippen LogP contribution in [0.4, 0.5) is 10.8 Å². The zero-order valence-electron chi connectivity index (χ0n) is 13.6. The number of carbonyl (C=O) groups is 2. The smallest absolute Gasteiger partial charge is 0.238 e. The Kier molecular flexibility index (Phi) is 4.73. The van der Waals surface area contributed by atoms with Gasteiger partial charge in [-0.25, -0.2) is 4.98 Å². The second-order valence-electron chi connectivity index (χ2n) is 5.75. The van der Waals surface area contributed by atoms with Crippen molar-refractivity contribution in [3.8, 4) is 11.3 Å². The second-order valence-corrected chi connectivity index (χ2v) is 7.85. The summed E-state index contributed by atoms with van der Waals surface area (Å²) in [6, 6.07) is 17.4. The van der Waals surface area contributed by atoms with Gasteiger partial charge in [-0.05, 0) is 12.1 Å². The predicted molar refractivity (Wildman–Crippen MR) is 106 cm³/mol. The van der Waals surface area contributed by atoms with Gasteiger partial charge >= 0.3 is 0 Å². The third-order valence-corrected chi connectivity index (χ3v) is 5.93. The molecule has 0 bridgehead atoms. The first-order valence-electron chi connectivity index (χ1n) is 8.06. The van der Waals surface area contributed by atoms with E-state index in [1.165, 1.54) is 23.1 Å². The number of hydrogen-bond donors (Lipinski definition) is 2. The summed E-state index contributed by atoms with van der Waals surface area (Å²) in [6.07, 6.45) is 0.102. The highest BCUT2D eigenvalue weighted by molar-refractivity contribution is 8.01. The number of benzene rings is 2. The third-order valence-electron chi connectivity index (χ3n) is 3.90. The van der Waals surface area contributed by atoms with Gasteiger partial charge in [0.1, 0.15) is 0 Å². The molecule has 130 valence electrons. The molecule has 5 nitrogen and oxygen atoms in total. The van der Waals surface area contributed by atoms with Crippen molar-refractivity contribution in [2.45, 2.75) is 16.6 Å². The van der Waals surface area contributed by atoms with Crippen LogP contribution in [0.25, 0.3) is 11.3 Å². The molecule has 1 atom stereocenters. The Hall–Kier alpha value is -2.64. The van der Waals surface area contributed by atoms with Crippen molar-refractivity contribution >= 4 is 45.7 Å². The topological polar surface area (TPSA) is 71.1 Å². The van der Waals surface area contributed by atoms with E-state index in [1.54, 1.807) is 0 Å². The summed E-state index contributed by atoms with van der Waals surface area (Å²) in [5, 5.41) is 7.65. The van der Waals surface area contributed by atoms with E-state index in [-0.39, 0.29) is 18.2 Å². The largest absolute Gasteiger partial charge is 0.324 e. The maximum absolute atomic E-state index is 12.3. The molecule has 1 unspecified atom stereocenters. The maximum atomic E-state index is 12.3. The number of hydrogen-bond acceptors (Lipinski definition) is 5. The lowest BCUT2D eigenvalue weighted by atomic mass is 10.2. The minimum Gasteiger partial charge on any atom is -0.324 e. The molecular formula is C19H15N3O2S2. The molecule has 0 saturated carbocycles. The van der Waals surface area contributed by atoms with Crippen LogP contribution >= 0.6 is 23.1 Å². The maximum Gasteiger partial charge on any atom is 0.238 e. The number of para-hydroxylation sites is 1. The quantitative estimate of drug-likeness (QED) is 0.709. The van der Waals surface area contributed by atoms with Gasteiger partial charge in [-0.1, -0.05) is 42.5 Å². The molecule has 2 heterocycles. The number of rotatable bonds is 4. The first-order valence-corrected chi connectivity index (χ1v) is 9.82. The fourth-order valence-electron chi connectivity index (χ4n) is 2.64. The Morgan fingerprint density at radius 2 is 1.88 bits per heavy atom. The molecule has 1 aromatic heterocycles. The van der Waals surface area contributed by atoms with Gasteiger partial charge in [0.15, 0.2) is 5.13 Å². The fraction of sp³-hybridized carbons (Fsp3) is 0.105. The molecule has 2 aromatic carbocycles. The molecule has 0 saturated heterocycles. The molecule has 0 aliphatic carbocycles. The summed E-state index contributed by atoms with van der Waals surface area (Å²) in [6.45, 7) is 0. The Balaban J connectivity index is 1.40. The van der Waals surface area contributed by atoms with E-state index in [0.717, 1.165) is 21.8 Å². The van der Waals surface area contributed by atoms with Crippen molar-refractivity contribution in [3.63, 3.8) is 0 Å². The summed E-state index contributed by atoms with van der Waals surface area (Å²) >= 11 is 2.79. The number of carbonyl (C=O) groups excluding carboxylic acids is 2. The number of fused-ring (bicyclic) bond motifs is 1. The van der Waals surface area contributed by atoms with Gasteiger partial charge in [0.25, 0.3) is 0 Å². The van der Waals surface area contributed by atoms with E-state index in [1.807, 2.05) is 60.0 Å². The Morgan fingerprint density at radius 3 is 2.73 bits per heavy atom. The van der Waals surface area contributed by atoms with E-state index in [4.69, 9.17) is 0 Å². The van der Waals surface area contributed by atoms with Crippen molar-refractivity contribution in [1.82, 2.24) is 4.98 Å². The molecule has 7 heteroatoms. The van der Waals surface area contributed by atoms with Crippen LogP contribution in [0, 0.1) is 0 Å². The summed E-state index contributed by atoms with van der Waals surface area (Å²) in [5.74, 6) is -0.362. The summed E-state index contributed by atoms with van der Waals surface area (Å²) in [5.41, 5.74) is 2.62. The Bertz CT molecular complexity index is 956. The van der Waals surface area contributed by atoms with Crippen molar-refractivity contribution in [2.24, 2.45) is 0 Å². The number of amides is 2. The van der Waals surface area contributed by atoms with Crippen molar-refractivity contribution < 1.29 is 9.59 Å². The number of nitrogens with zero attached hydrogens (tertiary/aromatic N) is 1. The summed E-state index contributed by atoms with van der Waals surface area (Å²) in [7, 11) is 0. The Labute approximate surface area is 158 Å². The highest BCUT2D eigenvalue weighted by Gasteiger charge is 2.29. The number of nitrogens with one attached hydrogen (secondary N) is 2. The van der Waals surface area contributed by atoms with Gasteiger partial charge < -0.3 is 10.6 Å². The SMILES string of the molecule is O=C(CC1Sc2ccccc2NC1=O)Nc1nc(-c2ccccc2)cs1. The molecule has 4 rings (SSSR count). The monoisotopic (exact) mass is 381 g/mol. The lowest BCUT2D eigenvalue weighted by Gasteiger charge is -2.23. The average molecular weight is 381 g/mol.